The number of sulfonamides is 1. The molecule has 29 heavy (non-hydrogen) atoms. The van der Waals surface area contributed by atoms with Crippen LogP contribution in [0.25, 0.3) is 0 Å². The average Bonchev–Trinajstić information content (AvgIpc) is 3.49. The van der Waals surface area contributed by atoms with Gasteiger partial charge in [-0.3, -0.25) is 9.10 Å². The van der Waals surface area contributed by atoms with Gasteiger partial charge in [-0.05, 0) is 48.4 Å². The summed E-state index contributed by atoms with van der Waals surface area (Å²) in [5.74, 6) is 0.303. The van der Waals surface area contributed by atoms with Gasteiger partial charge in [-0.1, -0.05) is 56.3 Å². The van der Waals surface area contributed by atoms with E-state index in [4.69, 9.17) is 0 Å². The maximum absolute atomic E-state index is 13.2. The topological polar surface area (TPSA) is 57.7 Å². The van der Waals surface area contributed by atoms with Gasteiger partial charge in [-0.15, -0.1) is 0 Å². The predicted molar refractivity (Wildman–Crippen MR) is 117 cm³/mol. The maximum Gasteiger partial charge on any atom is 0.243 e. The van der Waals surface area contributed by atoms with Crippen molar-refractivity contribution in [3.8, 4) is 0 Å². The number of hydrogen-bond acceptors (Lipinski definition) is 3. The molecule has 2 aromatic rings. The lowest BCUT2D eigenvalue weighted by Crippen LogP contribution is -2.43. The molecule has 3 rings (SSSR count). The summed E-state index contributed by atoms with van der Waals surface area (Å²) in [4.78, 5) is 15.0. The standard InChI is InChI=1S/C23H30N2O3S/c1-17(2)20-11-9-19(10-12-20)15-24(21-13-14-21)23(26)16-25(29(4,27)28)22-8-6-5-7-18(22)3/h5-12,17,21H,13-16H2,1-4H3. The van der Waals surface area contributed by atoms with Gasteiger partial charge in [0.15, 0.2) is 0 Å². The van der Waals surface area contributed by atoms with Crippen LogP contribution in [0.15, 0.2) is 48.5 Å². The molecule has 0 unspecified atom stereocenters. The second-order valence-corrected chi connectivity index (χ2v) is 10.1. The first-order chi connectivity index (χ1) is 13.7. The van der Waals surface area contributed by atoms with Crippen molar-refractivity contribution in [1.29, 1.82) is 0 Å². The van der Waals surface area contributed by atoms with Crippen molar-refractivity contribution in [2.75, 3.05) is 17.1 Å². The molecule has 1 amide bonds. The number of benzene rings is 2. The molecule has 156 valence electrons. The van der Waals surface area contributed by atoms with Crippen LogP contribution in [0.5, 0.6) is 0 Å². The Hall–Kier alpha value is -2.34. The van der Waals surface area contributed by atoms with E-state index in [2.05, 4.69) is 38.1 Å². The summed E-state index contributed by atoms with van der Waals surface area (Å²) < 4.78 is 26.1. The molecule has 6 heteroatoms. The van der Waals surface area contributed by atoms with Crippen molar-refractivity contribution in [2.45, 2.75) is 52.1 Å². The Kier molecular flexibility index (Phi) is 6.32. The van der Waals surface area contributed by atoms with Crippen LogP contribution in [-0.2, 0) is 21.4 Å². The second-order valence-electron chi connectivity index (χ2n) is 8.21. The van der Waals surface area contributed by atoms with Gasteiger partial charge in [0.25, 0.3) is 0 Å². The minimum atomic E-state index is -3.58. The SMILES string of the molecule is Cc1ccccc1N(CC(=O)N(Cc1ccc(C(C)C)cc1)C1CC1)S(C)(=O)=O. The number of hydrogen-bond donors (Lipinski definition) is 0. The summed E-state index contributed by atoms with van der Waals surface area (Å²) in [5.41, 5.74) is 3.71. The van der Waals surface area contributed by atoms with Crippen molar-refractivity contribution in [2.24, 2.45) is 0 Å². The first-order valence-electron chi connectivity index (χ1n) is 10.1. The third kappa shape index (κ3) is 5.38. The van der Waals surface area contributed by atoms with E-state index in [0.29, 0.717) is 18.2 Å². The molecule has 1 aliphatic carbocycles. The zero-order valence-corrected chi connectivity index (χ0v) is 18.4. The fourth-order valence-electron chi connectivity index (χ4n) is 3.45. The van der Waals surface area contributed by atoms with E-state index in [1.54, 1.807) is 12.1 Å². The van der Waals surface area contributed by atoms with Crippen molar-refractivity contribution >= 4 is 21.6 Å². The lowest BCUT2D eigenvalue weighted by atomic mass is 10.0. The predicted octanol–water partition coefficient (Wildman–Crippen LogP) is 4.08. The molecule has 0 bridgehead atoms. The van der Waals surface area contributed by atoms with Crippen molar-refractivity contribution < 1.29 is 13.2 Å². The number of anilines is 1. The normalized spacial score (nSPS) is 14.1. The van der Waals surface area contributed by atoms with Crippen LogP contribution in [0.4, 0.5) is 5.69 Å². The number of carbonyl (C=O) groups is 1. The lowest BCUT2D eigenvalue weighted by molar-refractivity contribution is -0.130. The van der Waals surface area contributed by atoms with Gasteiger partial charge in [0.2, 0.25) is 15.9 Å². The van der Waals surface area contributed by atoms with E-state index in [9.17, 15) is 13.2 Å². The molecule has 0 radical (unpaired) electrons. The molecule has 0 saturated heterocycles. The third-order valence-electron chi connectivity index (χ3n) is 5.37. The molecule has 0 heterocycles. The molecular weight excluding hydrogens is 384 g/mol. The van der Waals surface area contributed by atoms with Crippen molar-refractivity contribution in [3.63, 3.8) is 0 Å². The van der Waals surface area contributed by atoms with E-state index in [0.717, 1.165) is 30.2 Å². The third-order valence-corrected chi connectivity index (χ3v) is 6.50. The summed E-state index contributed by atoms with van der Waals surface area (Å²) in [6.45, 7) is 6.49. The first-order valence-corrected chi connectivity index (χ1v) is 11.9. The number of aryl methyl sites for hydroxylation is 1. The quantitative estimate of drug-likeness (QED) is 0.654. The molecule has 1 saturated carbocycles. The molecule has 1 fully saturated rings. The summed E-state index contributed by atoms with van der Waals surface area (Å²) in [7, 11) is -3.58. The van der Waals surface area contributed by atoms with E-state index in [1.165, 1.54) is 9.87 Å². The van der Waals surface area contributed by atoms with Crippen LogP contribution < -0.4 is 4.31 Å². The van der Waals surface area contributed by atoms with Crippen LogP contribution >= 0.6 is 0 Å². The summed E-state index contributed by atoms with van der Waals surface area (Å²) in [6.07, 6.45) is 3.09. The number of para-hydroxylation sites is 1. The number of carbonyl (C=O) groups excluding carboxylic acids is 1. The zero-order valence-electron chi connectivity index (χ0n) is 17.6. The van der Waals surface area contributed by atoms with Gasteiger partial charge >= 0.3 is 0 Å². The molecule has 0 N–H and O–H groups in total. The monoisotopic (exact) mass is 414 g/mol. The Labute approximate surface area is 174 Å². The van der Waals surface area contributed by atoms with Crippen LogP contribution in [0.3, 0.4) is 0 Å². The Morgan fingerprint density at radius 2 is 1.69 bits per heavy atom. The average molecular weight is 415 g/mol. The number of nitrogens with zero attached hydrogens (tertiary/aromatic N) is 2. The summed E-state index contributed by atoms with van der Waals surface area (Å²) >= 11 is 0. The van der Waals surface area contributed by atoms with Gasteiger partial charge in [0.05, 0.1) is 11.9 Å². The van der Waals surface area contributed by atoms with Crippen molar-refractivity contribution in [1.82, 2.24) is 4.90 Å². The fourth-order valence-corrected chi connectivity index (χ4v) is 4.36. The molecular formula is C23H30N2O3S. The first kappa shape index (κ1) is 21.4. The minimum absolute atomic E-state index is 0.158. The Bertz CT molecular complexity index is 964. The highest BCUT2D eigenvalue weighted by atomic mass is 32.2. The molecule has 0 aliphatic heterocycles. The van der Waals surface area contributed by atoms with Crippen LogP contribution in [-0.4, -0.2) is 38.1 Å². The Balaban J connectivity index is 1.80. The van der Waals surface area contributed by atoms with Crippen LogP contribution in [0.2, 0.25) is 0 Å². The Morgan fingerprint density at radius 3 is 2.21 bits per heavy atom. The van der Waals surface area contributed by atoms with Gasteiger partial charge in [-0.2, -0.15) is 0 Å². The minimum Gasteiger partial charge on any atom is -0.334 e. The highest BCUT2D eigenvalue weighted by Crippen LogP contribution is 2.30. The molecule has 5 nitrogen and oxygen atoms in total. The molecule has 0 atom stereocenters. The maximum atomic E-state index is 13.2. The van der Waals surface area contributed by atoms with E-state index < -0.39 is 10.0 Å². The van der Waals surface area contributed by atoms with Gasteiger partial charge in [-0.25, -0.2) is 8.42 Å². The number of rotatable bonds is 8. The fraction of sp³-hybridized carbons (Fsp3) is 0.435. The van der Waals surface area contributed by atoms with Crippen molar-refractivity contribution in [3.05, 3.63) is 65.2 Å². The molecule has 0 aromatic heterocycles. The Morgan fingerprint density at radius 1 is 1.07 bits per heavy atom. The molecule has 0 spiro atoms. The van der Waals surface area contributed by atoms with Gasteiger partial charge in [0, 0.05) is 12.6 Å². The highest BCUT2D eigenvalue weighted by Gasteiger charge is 2.34. The smallest absolute Gasteiger partial charge is 0.243 e. The zero-order chi connectivity index (χ0) is 21.2. The number of amides is 1. The van der Waals surface area contributed by atoms with Gasteiger partial charge in [0.1, 0.15) is 6.54 Å². The summed E-state index contributed by atoms with van der Waals surface area (Å²) in [5, 5.41) is 0. The van der Waals surface area contributed by atoms with E-state index in [-0.39, 0.29) is 18.5 Å². The van der Waals surface area contributed by atoms with Crippen LogP contribution in [0, 0.1) is 6.92 Å². The van der Waals surface area contributed by atoms with Gasteiger partial charge < -0.3 is 4.90 Å². The summed E-state index contributed by atoms with van der Waals surface area (Å²) in [6, 6.07) is 15.8. The highest BCUT2D eigenvalue weighted by molar-refractivity contribution is 7.92. The van der Waals surface area contributed by atoms with E-state index >= 15 is 0 Å². The largest absolute Gasteiger partial charge is 0.334 e. The van der Waals surface area contributed by atoms with Crippen LogP contribution in [0.1, 0.15) is 49.3 Å². The lowest BCUT2D eigenvalue weighted by Gasteiger charge is -2.28. The second kappa shape index (κ2) is 8.57. The van der Waals surface area contributed by atoms with E-state index in [1.807, 2.05) is 24.0 Å². The molecule has 2 aromatic carbocycles. The molecule has 1 aliphatic rings.